The van der Waals surface area contributed by atoms with E-state index in [0.29, 0.717) is 6.42 Å². The number of ether oxygens (including phenoxy) is 1. The molecule has 158 valence electrons. The van der Waals surface area contributed by atoms with Crippen LogP contribution in [-0.4, -0.2) is 50.0 Å². The van der Waals surface area contributed by atoms with Gasteiger partial charge in [-0.15, -0.1) is 0 Å². The quantitative estimate of drug-likeness (QED) is 0.710. The van der Waals surface area contributed by atoms with Crippen LogP contribution in [0.2, 0.25) is 0 Å². The van der Waals surface area contributed by atoms with Crippen molar-refractivity contribution in [1.29, 1.82) is 0 Å². The summed E-state index contributed by atoms with van der Waals surface area (Å²) in [6.45, 7) is 5.20. The number of carbonyl (C=O) groups is 2. The van der Waals surface area contributed by atoms with Crippen LogP contribution in [0.3, 0.4) is 0 Å². The minimum Gasteiger partial charge on any atom is -0.497 e. The van der Waals surface area contributed by atoms with Crippen LogP contribution < -0.4 is 15.0 Å². The smallest absolute Gasteiger partial charge is 0.248 e. The highest BCUT2D eigenvalue weighted by Crippen LogP contribution is 2.20. The molecule has 1 saturated heterocycles. The van der Waals surface area contributed by atoms with Gasteiger partial charge in [0.05, 0.1) is 7.11 Å². The Hall–Kier alpha value is -3.28. The molecule has 2 aromatic rings. The summed E-state index contributed by atoms with van der Waals surface area (Å²) in [7, 11) is 1.62. The summed E-state index contributed by atoms with van der Waals surface area (Å²) >= 11 is 0. The second-order valence-corrected chi connectivity index (χ2v) is 7.26. The minimum absolute atomic E-state index is 0.179. The summed E-state index contributed by atoms with van der Waals surface area (Å²) < 4.78 is 5.13. The highest BCUT2D eigenvalue weighted by Gasteiger charge is 2.20. The largest absolute Gasteiger partial charge is 0.497 e. The molecular formula is C24H29N3O3. The Kier molecular flexibility index (Phi) is 7.49. The second-order valence-electron chi connectivity index (χ2n) is 7.26. The van der Waals surface area contributed by atoms with E-state index >= 15 is 0 Å². The Morgan fingerprint density at radius 1 is 1.00 bits per heavy atom. The van der Waals surface area contributed by atoms with Crippen LogP contribution in [-0.2, 0) is 9.59 Å². The zero-order valence-electron chi connectivity index (χ0n) is 17.6. The lowest BCUT2D eigenvalue weighted by Gasteiger charge is -2.36. The molecule has 1 aliphatic rings. The number of amides is 2. The van der Waals surface area contributed by atoms with Gasteiger partial charge in [-0.3, -0.25) is 9.59 Å². The minimum atomic E-state index is -0.179. The molecular weight excluding hydrogens is 378 g/mol. The van der Waals surface area contributed by atoms with Gasteiger partial charge < -0.3 is 19.9 Å². The van der Waals surface area contributed by atoms with Gasteiger partial charge in [0.15, 0.2) is 0 Å². The van der Waals surface area contributed by atoms with Crippen molar-refractivity contribution in [2.24, 2.45) is 0 Å². The molecule has 0 radical (unpaired) electrons. The first-order chi connectivity index (χ1) is 14.6. The molecule has 1 aliphatic heterocycles. The first-order valence-electron chi connectivity index (χ1n) is 10.3. The zero-order valence-corrected chi connectivity index (χ0v) is 17.6. The van der Waals surface area contributed by atoms with E-state index in [0.717, 1.165) is 55.3 Å². The number of nitrogens with zero attached hydrogens (tertiary/aromatic N) is 2. The van der Waals surface area contributed by atoms with E-state index < -0.39 is 0 Å². The summed E-state index contributed by atoms with van der Waals surface area (Å²) in [6.07, 6.45) is 4.80. The monoisotopic (exact) mass is 407 g/mol. The maximum atomic E-state index is 12.2. The van der Waals surface area contributed by atoms with E-state index in [-0.39, 0.29) is 11.8 Å². The van der Waals surface area contributed by atoms with Crippen LogP contribution in [0.4, 0.5) is 11.4 Å². The van der Waals surface area contributed by atoms with E-state index in [1.54, 1.807) is 13.2 Å². The van der Waals surface area contributed by atoms with E-state index in [4.69, 9.17) is 4.74 Å². The normalized spacial score (nSPS) is 14.1. The van der Waals surface area contributed by atoms with Crippen molar-refractivity contribution >= 4 is 29.3 Å². The van der Waals surface area contributed by atoms with Gasteiger partial charge >= 0.3 is 0 Å². The summed E-state index contributed by atoms with van der Waals surface area (Å²) in [5.74, 6) is 0.852. The lowest BCUT2D eigenvalue weighted by atomic mass is 10.2. The van der Waals surface area contributed by atoms with Crippen LogP contribution in [0.1, 0.15) is 25.3 Å². The van der Waals surface area contributed by atoms with E-state index in [9.17, 15) is 9.59 Å². The molecule has 1 fully saturated rings. The molecule has 0 unspecified atom stereocenters. The summed E-state index contributed by atoms with van der Waals surface area (Å²) in [5.41, 5.74) is 2.78. The molecule has 1 heterocycles. The summed E-state index contributed by atoms with van der Waals surface area (Å²) in [4.78, 5) is 28.4. The van der Waals surface area contributed by atoms with Crippen LogP contribution >= 0.6 is 0 Å². The highest BCUT2D eigenvalue weighted by atomic mass is 16.5. The van der Waals surface area contributed by atoms with Gasteiger partial charge in [0.25, 0.3) is 0 Å². The lowest BCUT2D eigenvalue weighted by Crippen LogP contribution is -2.48. The third-order valence-corrected chi connectivity index (χ3v) is 5.14. The van der Waals surface area contributed by atoms with Gasteiger partial charge in [0, 0.05) is 50.1 Å². The molecule has 0 spiro atoms. The summed E-state index contributed by atoms with van der Waals surface area (Å²) in [6, 6.07) is 15.3. The predicted octanol–water partition coefficient (Wildman–Crippen LogP) is 3.80. The average molecular weight is 408 g/mol. The number of piperazine rings is 1. The number of benzene rings is 2. The van der Waals surface area contributed by atoms with Crippen molar-refractivity contribution in [2.75, 3.05) is 43.5 Å². The van der Waals surface area contributed by atoms with Gasteiger partial charge in [-0.05, 0) is 54.5 Å². The van der Waals surface area contributed by atoms with Crippen molar-refractivity contribution in [3.8, 4) is 5.75 Å². The first kappa shape index (κ1) is 21.4. The Bertz CT molecular complexity index is 868. The molecule has 2 aromatic carbocycles. The van der Waals surface area contributed by atoms with E-state index in [1.807, 2.05) is 60.4 Å². The van der Waals surface area contributed by atoms with Crippen molar-refractivity contribution in [1.82, 2.24) is 4.90 Å². The Morgan fingerprint density at radius 2 is 1.67 bits per heavy atom. The molecule has 6 heteroatoms. The van der Waals surface area contributed by atoms with Gasteiger partial charge in [-0.25, -0.2) is 0 Å². The SMILES string of the molecule is CCCC(=O)N1CCN(c2ccc(NC(=O)/C=C/c3ccc(OC)cc3)cc2)CC1. The molecule has 0 bridgehead atoms. The van der Waals surface area contributed by atoms with Gasteiger partial charge in [0.2, 0.25) is 11.8 Å². The maximum Gasteiger partial charge on any atom is 0.248 e. The Balaban J connectivity index is 1.50. The van der Waals surface area contributed by atoms with Gasteiger partial charge in [0.1, 0.15) is 5.75 Å². The molecule has 1 N–H and O–H groups in total. The van der Waals surface area contributed by atoms with Crippen LogP contribution in [0.5, 0.6) is 5.75 Å². The fourth-order valence-electron chi connectivity index (χ4n) is 3.41. The molecule has 30 heavy (non-hydrogen) atoms. The lowest BCUT2D eigenvalue weighted by molar-refractivity contribution is -0.131. The standard InChI is InChI=1S/C24H29N3O3/c1-3-4-24(29)27-17-15-26(16-18-27)21-10-8-20(9-11-21)25-23(28)14-7-19-5-12-22(30-2)13-6-19/h5-14H,3-4,15-18H2,1-2H3,(H,25,28)/b14-7+. The number of hydrogen-bond acceptors (Lipinski definition) is 4. The average Bonchev–Trinajstić information content (AvgIpc) is 2.79. The van der Waals surface area contributed by atoms with Crippen LogP contribution in [0, 0.1) is 0 Å². The van der Waals surface area contributed by atoms with Gasteiger partial charge in [-0.2, -0.15) is 0 Å². The second kappa shape index (κ2) is 10.5. The fraction of sp³-hybridized carbons (Fsp3) is 0.333. The number of nitrogens with one attached hydrogen (secondary N) is 1. The number of methoxy groups -OCH3 is 1. The van der Waals surface area contributed by atoms with E-state index in [2.05, 4.69) is 10.2 Å². The first-order valence-corrected chi connectivity index (χ1v) is 10.3. The van der Waals surface area contributed by atoms with E-state index in [1.165, 1.54) is 6.08 Å². The van der Waals surface area contributed by atoms with Crippen molar-refractivity contribution in [3.05, 3.63) is 60.2 Å². The van der Waals surface area contributed by atoms with Crippen molar-refractivity contribution < 1.29 is 14.3 Å². The van der Waals surface area contributed by atoms with Crippen LogP contribution in [0.15, 0.2) is 54.6 Å². The van der Waals surface area contributed by atoms with Crippen LogP contribution in [0.25, 0.3) is 6.08 Å². The molecule has 2 amide bonds. The van der Waals surface area contributed by atoms with Crippen molar-refractivity contribution in [3.63, 3.8) is 0 Å². The highest BCUT2D eigenvalue weighted by molar-refractivity contribution is 6.02. The molecule has 3 rings (SSSR count). The fourth-order valence-corrected chi connectivity index (χ4v) is 3.41. The predicted molar refractivity (Wildman–Crippen MR) is 121 cm³/mol. The molecule has 0 saturated carbocycles. The number of rotatable bonds is 7. The topological polar surface area (TPSA) is 61.9 Å². The molecule has 6 nitrogen and oxygen atoms in total. The molecule has 0 aromatic heterocycles. The third-order valence-electron chi connectivity index (χ3n) is 5.14. The van der Waals surface area contributed by atoms with Gasteiger partial charge in [-0.1, -0.05) is 19.1 Å². The number of carbonyl (C=O) groups excluding carboxylic acids is 2. The van der Waals surface area contributed by atoms with Crippen molar-refractivity contribution in [2.45, 2.75) is 19.8 Å². The molecule has 0 atom stereocenters. The number of anilines is 2. The summed E-state index contributed by atoms with van der Waals surface area (Å²) in [5, 5.41) is 2.88. The Labute approximate surface area is 178 Å². The maximum absolute atomic E-state index is 12.2. The Morgan fingerprint density at radius 3 is 2.27 bits per heavy atom. The molecule has 0 aliphatic carbocycles. The zero-order chi connectivity index (χ0) is 21.3. The number of hydrogen-bond donors (Lipinski definition) is 1. The third kappa shape index (κ3) is 5.86.